The van der Waals surface area contributed by atoms with Gasteiger partial charge in [-0.2, -0.15) is 0 Å². The van der Waals surface area contributed by atoms with Crippen molar-refractivity contribution in [3.05, 3.63) is 52.6 Å². The highest BCUT2D eigenvalue weighted by Gasteiger charge is 2.30. The number of likely N-dealkylation sites (N-methyl/N-ethyl adjacent to an activating group) is 1. The summed E-state index contributed by atoms with van der Waals surface area (Å²) in [5, 5.41) is 0. The Bertz CT molecular complexity index is 928. The van der Waals surface area contributed by atoms with Crippen molar-refractivity contribution in [3.63, 3.8) is 0 Å². The van der Waals surface area contributed by atoms with Gasteiger partial charge in [0.2, 0.25) is 0 Å². The summed E-state index contributed by atoms with van der Waals surface area (Å²) in [7, 11) is 0. The molecule has 2 aliphatic rings. The molecule has 0 aliphatic carbocycles. The van der Waals surface area contributed by atoms with Gasteiger partial charge < -0.3 is 24.0 Å². The molecular formula is C24H33FN4O2. The van der Waals surface area contributed by atoms with E-state index in [0.29, 0.717) is 32.8 Å². The topological polar surface area (TPSA) is 40.9 Å². The number of amides is 1. The third-order valence-electron chi connectivity index (χ3n) is 6.59. The lowest BCUT2D eigenvalue weighted by molar-refractivity contribution is 0.0295. The minimum absolute atomic E-state index is 0.0405. The number of hydrogen-bond acceptors (Lipinski definition) is 4. The zero-order valence-electron chi connectivity index (χ0n) is 18.9. The van der Waals surface area contributed by atoms with Crippen LogP contribution in [0.5, 0.6) is 0 Å². The zero-order chi connectivity index (χ0) is 22.0. The number of rotatable bonds is 5. The van der Waals surface area contributed by atoms with Crippen LogP contribution < -0.4 is 4.90 Å². The maximum atomic E-state index is 13.9. The molecule has 2 aliphatic heterocycles. The van der Waals surface area contributed by atoms with Crippen LogP contribution in [0.15, 0.2) is 24.3 Å². The monoisotopic (exact) mass is 428 g/mol. The van der Waals surface area contributed by atoms with Gasteiger partial charge in [-0.15, -0.1) is 0 Å². The number of aromatic nitrogens is 1. The number of benzene rings is 1. The molecule has 0 saturated carbocycles. The lowest BCUT2D eigenvalue weighted by Gasteiger charge is -2.36. The maximum Gasteiger partial charge on any atom is 0.271 e. The van der Waals surface area contributed by atoms with Crippen molar-refractivity contribution in [1.29, 1.82) is 0 Å². The van der Waals surface area contributed by atoms with Crippen LogP contribution in [-0.2, 0) is 11.3 Å². The van der Waals surface area contributed by atoms with Gasteiger partial charge >= 0.3 is 0 Å². The molecule has 2 saturated heterocycles. The number of carbonyl (C=O) groups excluding carboxylic acids is 1. The predicted octanol–water partition coefficient (Wildman–Crippen LogP) is 2.91. The Morgan fingerprint density at radius 1 is 1.06 bits per heavy atom. The second-order valence-electron chi connectivity index (χ2n) is 8.45. The van der Waals surface area contributed by atoms with E-state index in [4.69, 9.17) is 4.74 Å². The van der Waals surface area contributed by atoms with E-state index in [0.717, 1.165) is 60.9 Å². The first-order chi connectivity index (χ1) is 15.0. The van der Waals surface area contributed by atoms with Gasteiger partial charge in [0.25, 0.3) is 5.91 Å². The molecule has 31 heavy (non-hydrogen) atoms. The summed E-state index contributed by atoms with van der Waals surface area (Å²) in [5.41, 5.74) is 4.83. The predicted molar refractivity (Wildman–Crippen MR) is 120 cm³/mol. The molecule has 1 amide bonds. The summed E-state index contributed by atoms with van der Waals surface area (Å²) in [6, 6.07) is 6.65. The van der Waals surface area contributed by atoms with Gasteiger partial charge in [-0.25, -0.2) is 4.39 Å². The number of carbonyl (C=O) groups is 1. The number of nitrogens with zero attached hydrogens (tertiary/aromatic N) is 4. The smallest absolute Gasteiger partial charge is 0.271 e. The van der Waals surface area contributed by atoms with Gasteiger partial charge in [0, 0.05) is 57.1 Å². The fraction of sp³-hybridized carbons (Fsp3) is 0.542. The first-order valence-electron chi connectivity index (χ1n) is 11.3. The largest absolute Gasteiger partial charge is 0.378 e. The van der Waals surface area contributed by atoms with E-state index in [-0.39, 0.29) is 11.7 Å². The van der Waals surface area contributed by atoms with E-state index in [1.54, 1.807) is 12.1 Å². The van der Waals surface area contributed by atoms with Gasteiger partial charge in [0.05, 0.1) is 18.9 Å². The molecule has 1 aromatic heterocycles. The second-order valence-corrected chi connectivity index (χ2v) is 8.45. The highest BCUT2D eigenvalue weighted by Crippen LogP contribution is 2.33. The normalized spacial score (nSPS) is 17.9. The van der Waals surface area contributed by atoms with Crippen molar-refractivity contribution in [2.45, 2.75) is 27.3 Å². The summed E-state index contributed by atoms with van der Waals surface area (Å²) in [6.45, 7) is 14.2. The van der Waals surface area contributed by atoms with E-state index in [2.05, 4.69) is 35.1 Å². The average molecular weight is 429 g/mol. The Balaban J connectivity index is 1.73. The molecule has 168 valence electrons. The molecule has 2 aromatic rings. The number of morpholine rings is 1. The van der Waals surface area contributed by atoms with Gasteiger partial charge in [-0.05, 0) is 38.1 Å². The van der Waals surface area contributed by atoms with E-state index >= 15 is 0 Å². The number of anilines is 1. The molecule has 0 radical (unpaired) electrons. The van der Waals surface area contributed by atoms with E-state index in [1.165, 1.54) is 6.07 Å². The quantitative estimate of drug-likeness (QED) is 0.734. The second kappa shape index (κ2) is 9.40. The van der Waals surface area contributed by atoms with Gasteiger partial charge in [-0.1, -0.05) is 19.1 Å². The van der Waals surface area contributed by atoms with Crippen molar-refractivity contribution in [1.82, 2.24) is 14.4 Å². The summed E-state index contributed by atoms with van der Waals surface area (Å²) in [4.78, 5) is 20.3. The first kappa shape index (κ1) is 21.8. The summed E-state index contributed by atoms with van der Waals surface area (Å²) >= 11 is 0. The molecule has 0 spiro atoms. The third kappa shape index (κ3) is 4.48. The lowest BCUT2D eigenvalue weighted by Crippen LogP contribution is -2.46. The minimum Gasteiger partial charge on any atom is -0.378 e. The molecule has 0 N–H and O–H groups in total. The first-order valence-corrected chi connectivity index (χ1v) is 11.3. The SMILES string of the molecule is CCN1CCN(c2c(C)c(C(=O)N3CCOCC3)n(Cc3cccc(F)c3)c2C)CC1. The number of piperazine rings is 1. The Kier molecular flexibility index (Phi) is 6.62. The molecule has 0 atom stereocenters. The highest BCUT2D eigenvalue weighted by atomic mass is 19.1. The van der Waals surface area contributed by atoms with Crippen LogP contribution in [0.3, 0.4) is 0 Å². The average Bonchev–Trinajstić information content (AvgIpc) is 3.03. The minimum atomic E-state index is -0.254. The van der Waals surface area contributed by atoms with Crippen LogP contribution in [0.1, 0.15) is 34.2 Å². The Hall–Kier alpha value is -2.38. The molecule has 7 heteroatoms. The fourth-order valence-electron chi connectivity index (χ4n) is 4.84. The van der Waals surface area contributed by atoms with Crippen LogP contribution in [0.4, 0.5) is 10.1 Å². The number of ether oxygens (including phenoxy) is 1. The van der Waals surface area contributed by atoms with Crippen molar-refractivity contribution < 1.29 is 13.9 Å². The van der Waals surface area contributed by atoms with Gasteiger partial charge in [0.15, 0.2) is 0 Å². The maximum absolute atomic E-state index is 13.9. The molecular weight excluding hydrogens is 395 g/mol. The van der Waals surface area contributed by atoms with E-state index in [1.807, 2.05) is 11.0 Å². The molecule has 1 aromatic carbocycles. The number of hydrogen-bond donors (Lipinski definition) is 0. The van der Waals surface area contributed by atoms with E-state index in [9.17, 15) is 9.18 Å². The van der Waals surface area contributed by atoms with E-state index < -0.39 is 0 Å². The summed E-state index contributed by atoms with van der Waals surface area (Å²) in [6.07, 6.45) is 0. The van der Waals surface area contributed by atoms with Gasteiger partial charge in [-0.3, -0.25) is 4.79 Å². The molecule has 4 rings (SSSR count). The number of halogens is 1. The Morgan fingerprint density at radius 2 is 1.77 bits per heavy atom. The Morgan fingerprint density at radius 3 is 2.42 bits per heavy atom. The molecule has 6 nitrogen and oxygen atoms in total. The van der Waals surface area contributed by atoms with Crippen LogP contribution in [0, 0.1) is 19.7 Å². The third-order valence-corrected chi connectivity index (χ3v) is 6.59. The standard InChI is InChI=1S/C24H33FN4O2/c1-4-26-8-10-27(11-9-26)22-18(2)23(24(30)28-12-14-31-15-13-28)29(19(22)3)17-20-6-5-7-21(25)16-20/h5-7,16H,4,8-15,17H2,1-3H3. The van der Waals surface area contributed by atoms with Crippen molar-refractivity contribution in [3.8, 4) is 0 Å². The van der Waals surface area contributed by atoms with Crippen molar-refractivity contribution >= 4 is 11.6 Å². The molecule has 3 heterocycles. The highest BCUT2D eigenvalue weighted by molar-refractivity contribution is 5.96. The molecule has 2 fully saturated rings. The summed E-state index contributed by atoms with van der Waals surface area (Å²) in [5.74, 6) is -0.213. The van der Waals surface area contributed by atoms with Crippen LogP contribution in [-0.4, -0.2) is 79.3 Å². The zero-order valence-corrected chi connectivity index (χ0v) is 18.9. The van der Waals surface area contributed by atoms with Crippen LogP contribution in [0.25, 0.3) is 0 Å². The van der Waals surface area contributed by atoms with Gasteiger partial charge in [0.1, 0.15) is 11.5 Å². The van der Waals surface area contributed by atoms with Crippen LogP contribution in [0.2, 0.25) is 0 Å². The van der Waals surface area contributed by atoms with Crippen LogP contribution >= 0.6 is 0 Å². The van der Waals surface area contributed by atoms with Crippen molar-refractivity contribution in [2.24, 2.45) is 0 Å². The van der Waals surface area contributed by atoms with Crippen molar-refractivity contribution in [2.75, 3.05) is 63.9 Å². The fourth-order valence-corrected chi connectivity index (χ4v) is 4.84. The lowest BCUT2D eigenvalue weighted by atomic mass is 10.1. The summed E-state index contributed by atoms with van der Waals surface area (Å²) < 4.78 is 21.4. The Labute approximate surface area is 184 Å². The molecule has 0 bridgehead atoms. The molecule has 0 unspecified atom stereocenters.